The van der Waals surface area contributed by atoms with Gasteiger partial charge in [-0.25, -0.2) is 18.1 Å². The molecule has 0 saturated heterocycles. The van der Waals surface area contributed by atoms with Crippen LogP contribution in [0.3, 0.4) is 0 Å². The van der Waals surface area contributed by atoms with Crippen LogP contribution in [-0.2, 0) is 10.0 Å². The van der Waals surface area contributed by atoms with Crippen molar-refractivity contribution in [2.45, 2.75) is 48.1 Å². The summed E-state index contributed by atoms with van der Waals surface area (Å²) in [6.07, 6.45) is 6.13. The second kappa shape index (κ2) is 5.99. The summed E-state index contributed by atoms with van der Waals surface area (Å²) in [6, 6.07) is 0.0268. The molecule has 2 rings (SSSR count). The molecule has 0 radical (unpaired) electrons. The van der Waals surface area contributed by atoms with Crippen molar-refractivity contribution in [1.29, 1.82) is 0 Å². The molecule has 1 saturated carbocycles. The Morgan fingerprint density at radius 1 is 1.47 bits per heavy atom. The van der Waals surface area contributed by atoms with Crippen molar-refractivity contribution in [2.75, 3.05) is 12.0 Å². The Morgan fingerprint density at radius 2 is 2.21 bits per heavy atom. The normalized spacial score (nSPS) is 24.5. The van der Waals surface area contributed by atoms with Gasteiger partial charge in [-0.3, -0.25) is 0 Å². The Kier molecular flexibility index (Phi) is 4.75. The van der Waals surface area contributed by atoms with Crippen molar-refractivity contribution in [3.8, 4) is 0 Å². The zero-order valence-corrected chi connectivity index (χ0v) is 13.5. The molecule has 1 aromatic heterocycles. The smallest absolute Gasteiger partial charge is 0.252 e. The van der Waals surface area contributed by atoms with Gasteiger partial charge >= 0.3 is 0 Å². The van der Waals surface area contributed by atoms with E-state index in [1.807, 2.05) is 11.8 Å². The lowest BCUT2D eigenvalue weighted by Gasteiger charge is -2.28. The monoisotopic (exact) mass is 321 g/mol. The highest BCUT2D eigenvalue weighted by Crippen LogP contribution is 2.29. The number of hydrogen-bond acceptors (Lipinski definition) is 6. The average Bonchev–Trinajstić information content (AvgIpc) is 2.69. The summed E-state index contributed by atoms with van der Waals surface area (Å²) in [5, 5.41) is 0.845. The predicted octanol–water partition coefficient (Wildman–Crippen LogP) is 1.99. The lowest BCUT2D eigenvalue weighted by molar-refractivity contribution is 0.421. The van der Waals surface area contributed by atoms with E-state index in [1.165, 1.54) is 6.42 Å². The number of thioether (sulfide) groups is 1. The van der Waals surface area contributed by atoms with Gasteiger partial charge in [0.05, 0.1) is 5.69 Å². The maximum absolute atomic E-state index is 12.3. The first-order valence-electron chi connectivity index (χ1n) is 6.20. The second-order valence-corrected chi connectivity index (χ2v) is 8.85. The predicted molar refractivity (Wildman–Crippen MR) is 81.1 cm³/mol. The third kappa shape index (κ3) is 3.62. The summed E-state index contributed by atoms with van der Waals surface area (Å²) in [4.78, 5) is 3.97. The van der Waals surface area contributed by atoms with Gasteiger partial charge in [0.2, 0.25) is 0 Å². The molecule has 1 heterocycles. The number of rotatable bonds is 4. The largest absolute Gasteiger partial charge is 0.375 e. The van der Waals surface area contributed by atoms with Crippen LogP contribution in [0.25, 0.3) is 0 Å². The van der Waals surface area contributed by atoms with Crippen molar-refractivity contribution in [2.24, 2.45) is 0 Å². The summed E-state index contributed by atoms with van der Waals surface area (Å²) >= 11 is 2.84. The molecular formula is C11H19N3O2S3. The lowest BCUT2D eigenvalue weighted by atomic mass is 9.96. The molecule has 0 aliphatic heterocycles. The number of sulfonamides is 1. The van der Waals surface area contributed by atoms with Crippen LogP contribution in [0.15, 0.2) is 4.21 Å². The molecule has 19 heavy (non-hydrogen) atoms. The van der Waals surface area contributed by atoms with Crippen molar-refractivity contribution in [3.63, 3.8) is 0 Å². The summed E-state index contributed by atoms with van der Waals surface area (Å²) in [5.74, 6) is 0. The Hall–Kier alpha value is -0.310. The number of aryl methyl sites for hydroxylation is 1. The number of nitrogens with zero attached hydrogens (tertiary/aromatic N) is 1. The number of hydrogen-bond donors (Lipinski definition) is 2. The summed E-state index contributed by atoms with van der Waals surface area (Å²) in [7, 11) is -3.48. The molecule has 1 aromatic rings. The van der Waals surface area contributed by atoms with Crippen LogP contribution in [0.5, 0.6) is 0 Å². The van der Waals surface area contributed by atoms with Gasteiger partial charge < -0.3 is 5.73 Å². The molecule has 1 aliphatic rings. The molecule has 1 fully saturated rings. The summed E-state index contributed by atoms with van der Waals surface area (Å²) in [5.41, 5.74) is 6.04. The first-order valence-corrected chi connectivity index (χ1v) is 9.79. The fourth-order valence-corrected chi connectivity index (χ4v) is 5.82. The first-order chi connectivity index (χ1) is 8.92. The van der Waals surface area contributed by atoms with E-state index in [0.29, 0.717) is 16.1 Å². The molecule has 0 aromatic carbocycles. The number of nitrogens with one attached hydrogen (secondary N) is 1. The van der Waals surface area contributed by atoms with Gasteiger partial charge in [-0.05, 0) is 32.4 Å². The third-order valence-electron chi connectivity index (χ3n) is 3.30. The fraction of sp³-hybridized carbons (Fsp3) is 0.727. The number of nitrogens with two attached hydrogens (primary N) is 1. The Balaban J connectivity index is 2.11. The van der Waals surface area contributed by atoms with Crippen LogP contribution < -0.4 is 10.5 Å². The van der Waals surface area contributed by atoms with E-state index in [1.54, 1.807) is 6.92 Å². The van der Waals surface area contributed by atoms with Crippen molar-refractivity contribution >= 4 is 38.3 Å². The van der Waals surface area contributed by atoms with Crippen LogP contribution in [-0.4, -0.2) is 30.9 Å². The van der Waals surface area contributed by atoms with Gasteiger partial charge in [-0.1, -0.05) is 17.8 Å². The second-order valence-electron chi connectivity index (χ2n) is 4.77. The minimum Gasteiger partial charge on any atom is -0.375 e. The SMILES string of the molecule is CSC1CCCC(NS(=O)(=O)c2sc(N)nc2C)C1. The molecule has 0 spiro atoms. The van der Waals surface area contributed by atoms with Gasteiger partial charge in [0.1, 0.15) is 0 Å². The fourth-order valence-electron chi connectivity index (χ4n) is 2.39. The molecule has 3 N–H and O–H groups in total. The van der Waals surface area contributed by atoms with E-state index >= 15 is 0 Å². The Bertz CT molecular complexity index is 541. The van der Waals surface area contributed by atoms with Gasteiger partial charge in [0.15, 0.2) is 9.34 Å². The molecular weight excluding hydrogens is 302 g/mol. The number of aromatic nitrogens is 1. The van der Waals surface area contributed by atoms with Gasteiger partial charge in [0, 0.05) is 11.3 Å². The minimum atomic E-state index is -3.48. The first kappa shape index (κ1) is 15.1. The van der Waals surface area contributed by atoms with Gasteiger partial charge in [-0.15, -0.1) is 0 Å². The van der Waals surface area contributed by atoms with Crippen LogP contribution in [0.2, 0.25) is 0 Å². The van der Waals surface area contributed by atoms with E-state index in [-0.39, 0.29) is 10.3 Å². The quantitative estimate of drug-likeness (QED) is 0.886. The van der Waals surface area contributed by atoms with Crippen molar-refractivity contribution < 1.29 is 8.42 Å². The van der Waals surface area contributed by atoms with Gasteiger partial charge in [-0.2, -0.15) is 11.8 Å². The summed E-state index contributed by atoms with van der Waals surface area (Å²) in [6.45, 7) is 1.67. The zero-order valence-electron chi connectivity index (χ0n) is 11.0. The lowest BCUT2D eigenvalue weighted by Crippen LogP contribution is -2.39. The van der Waals surface area contributed by atoms with E-state index in [2.05, 4.69) is 16.0 Å². The molecule has 5 nitrogen and oxygen atoms in total. The van der Waals surface area contributed by atoms with E-state index in [0.717, 1.165) is 30.6 Å². The topological polar surface area (TPSA) is 85.1 Å². The van der Waals surface area contributed by atoms with Crippen LogP contribution in [0.4, 0.5) is 5.13 Å². The van der Waals surface area contributed by atoms with Crippen LogP contribution >= 0.6 is 23.1 Å². The van der Waals surface area contributed by atoms with Crippen LogP contribution in [0, 0.1) is 6.92 Å². The van der Waals surface area contributed by atoms with E-state index < -0.39 is 10.0 Å². The van der Waals surface area contributed by atoms with Crippen molar-refractivity contribution in [1.82, 2.24) is 9.71 Å². The molecule has 8 heteroatoms. The number of thiazole rings is 1. The highest BCUT2D eigenvalue weighted by molar-refractivity contribution is 7.99. The minimum absolute atomic E-state index is 0.0268. The van der Waals surface area contributed by atoms with E-state index in [4.69, 9.17) is 5.73 Å². The maximum atomic E-state index is 12.3. The zero-order chi connectivity index (χ0) is 14.0. The molecule has 108 valence electrons. The molecule has 0 amide bonds. The third-order valence-corrected chi connectivity index (χ3v) is 7.51. The molecule has 1 aliphatic carbocycles. The molecule has 2 atom stereocenters. The Morgan fingerprint density at radius 3 is 2.79 bits per heavy atom. The van der Waals surface area contributed by atoms with Gasteiger partial charge in [0.25, 0.3) is 10.0 Å². The Labute approximate surface area is 122 Å². The summed E-state index contributed by atoms with van der Waals surface area (Å²) < 4.78 is 27.7. The van der Waals surface area contributed by atoms with Crippen LogP contribution in [0.1, 0.15) is 31.4 Å². The number of nitrogen functional groups attached to an aromatic ring is 1. The standard InChI is InChI=1S/C11H19N3O2S3/c1-7-10(18-11(12)13-7)19(15,16)14-8-4-3-5-9(6-8)17-2/h8-9,14H,3-6H2,1-2H3,(H2,12,13). The molecule has 2 unspecified atom stereocenters. The van der Waals surface area contributed by atoms with Crippen molar-refractivity contribution in [3.05, 3.63) is 5.69 Å². The molecule has 0 bridgehead atoms. The maximum Gasteiger partial charge on any atom is 0.252 e. The number of anilines is 1. The van der Waals surface area contributed by atoms with E-state index in [9.17, 15) is 8.42 Å². The average molecular weight is 321 g/mol. The highest BCUT2D eigenvalue weighted by atomic mass is 32.2. The highest BCUT2D eigenvalue weighted by Gasteiger charge is 2.28.